The lowest BCUT2D eigenvalue weighted by molar-refractivity contribution is 0.569. The highest BCUT2D eigenvalue weighted by Crippen LogP contribution is 2.30. The molecule has 1 aromatic heterocycles. The van der Waals surface area contributed by atoms with Gasteiger partial charge in [0.05, 0.1) is 5.69 Å². The molecule has 74 valence electrons. The quantitative estimate of drug-likeness (QED) is 0.614. The smallest absolute Gasteiger partial charge is 0.0698 e. The summed E-state index contributed by atoms with van der Waals surface area (Å²) in [5.74, 6) is 0. The molecule has 0 atom stereocenters. The zero-order valence-electron chi connectivity index (χ0n) is 9.26. The molecule has 0 unspecified atom stereocenters. The van der Waals surface area contributed by atoms with Gasteiger partial charge in [-0.05, 0) is 13.0 Å². The minimum Gasteiger partial charge on any atom is -0.260 e. The van der Waals surface area contributed by atoms with E-state index in [-0.39, 0.29) is 5.41 Å². The van der Waals surface area contributed by atoms with E-state index in [1.54, 1.807) is 0 Å². The predicted octanol–water partition coefficient (Wildman–Crippen LogP) is 3.03. The molecule has 1 aliphatic rings. The molecule has 2 heterocycles. The van der Waals surface area contributed by atoms with Crippen molar-refractivity contribution in [2.24, 2.45) is 4.99 Å². The van der Waals surface area contributed by atoms with E-state index in [1.807, 2.05) is 6.20 Å². The number of pyridine rings is 1. The van der Waals surface area contributed by atoms with Gasteiger partial charge in [-0.3, -0.25) is 9.98 Å². The van der Waals surface area contributed by atoms with Crippen molar-refractivity contribution < 1.29 is 0 Å². The first-order chi connectivity index (χ1) is 6.47. The third-order valence-electron chi connectivity index (χ3n) is 2.49. The van der Waals surface area contributed by atoms with Gasteiger partial charge in [0.15, 0.2) is 0 Å². The maximum atomic E-state index is 4.50. The lowest BCUT2D eigenvalue weighted by Gasteiger charge is -2.17. The number of hydrogen-bond acceptors (Lipinski definition) is 2. The SMILES string of the molecule is CC1=Nc2cc(C(C)(C)C)ncc2C1. The van der Waals surface area contributed by atoms with Gasteiger partial charge < -0.3 is 0 Å². The highest BCUT2D eigenvalue weighted by Gasteiger charge is 2.19. The van der Waals surface area contributed by atoms with Crippen LogP contribution in [0.1, 0.15) is 39.0 Å². The normalized spacial score (nSPS) is 15.3. The van der Waals surface area contributed by atoms with E-state index >= 15 is 0 Å². The maximum absolute atomic E-state index is 4.50. The zero-order chi connectivity index (χ0) is 10.3. The average Bonchev–Trinajstić information content (AvgIpc) is 2.41. The van der Waals surface area contributed by atoms with E-state index in [2.05, 4.69) is 43.7 Å². The second-order valence-corrected chi connectivity index (χ2v) is 4.97. The fraction of sp³-hybridized carbons (Fsp3) is 0.500. The van der Waals surface area contributed by atoms with Crippen LogP contribution in [0.3, 0.4) is 0 Å². The monoisotopic (exact) mass is 188 g/mol. The fourth-order valence-electron chi connectivity index (χ4n) is 1.64. The second kappa shape index (κ2) is 2.91. The van der Waals surface area contributed by atoms with Crippen molar-refractivity contribution in [2.45, 2.75) is 39.5 Å². The molecule has 1 aliphatic heterocycles. The van der Waals surface area contributed by atoms with E-state index in [9.17, 15) is 0 Å². The van der Waals surface area contributed by atoms with Crippen LogP contribution in [0.4, 0.5) is 5.69 Å². The summed E-state index contributed by atoms with van der Waals surface area (Å²) < 4.78 is 0. The lowest BCUT2D eigenvalue weighted by Crippen LogP contribution is -2.13. The van der Waals surface area contributed by atoms with Gasteiger partial charge in [0.2, 0.25) is 0 Å². The Morgan fingerprint density at radius 3 is 2.64 bits per heavy atom. The van der Waals surface area contributed by atoms with Gasteiger partial charge in [0.1, 0.15) is 0 Å². The van der Waals surface area contributed by atoms with Gasteiger partial charge in [-0.1, -0.05) is 20.8 Å². The summed E-state index contributed by atoms with van der Waals surface area (Å²) >= 11 is 0. The van der Waals surface area contributed by atoms with Crippen LogP contribution in [0.5, 0.6) is 0 Å². The van der Waals surface area contributed by atoms with Crippen LogP contribution in [0.2, 0.25) is 0 Å². The van der Waals surface area contributed by atoms with Crippen molar-refractivity contribution in [3.63, 3.8) is 0 Å². The Kier molecular flexibility index (Phi) is 1.95. The Labute approximate surface area is 85.1 Å². The Morgan fingerprint density at radius 2 is 2.00 bits per heavy atom. The van der Waals surface area contributed by atoms with Crippen LogP contribution in [0.25, 0.3) is 0 Å². The van der Waals surface area contributed by atoms with Gasteiger partial charge in [0, 0.05) is 35.0 Å². The maximum Gasteiger partial charge on any atom is 0.0698 e. The molecule has 0 amide bonds. The van der Waals surface area contributed by atoms with Gasteiger partial charge in [-0.15, -0.1) is 0 Å². The number of rotatable bonds is 0. The van der Waals surface area contributed by atoms with Crippen LogP contribution in [0, 0.1) is 0 Å². The first kappa shape index (κ1) is 9.38. The fourth-order valence-corrected chi connectivity index (χ4v) is 1.64. The van der Waals surface area contributed by atoms with Crippen molar-refractivity contribution in [1.82, 2.24) is 4.98 Å². The van der Waals surface area contributed by atoms with Gasteiger partial charge >= 0.3 is 0 Å². The standard InChI is InChI=1S/C12H16N2/c1-8-5-9-7-13-11(12(2,3)4)6-10(9)14-8/h6-7H,5H2,1-4H3. The Hall–Kier alpha value is -1.18. The van der Waals surface area contributed by atoms with Crippen LogP contribution >= 0.6 is 0 Å². The molecule has 0 saturated heterocycles. The summed E-state index contributed by atoms with van der Waals surface area (Å²) in [6.45, 7) is 8.59. The highest BCUT2D eigenvalue weighted by atomic mass is 14.8. The molecule has 2 heteroatoms. The van der Waals surface area contributed by atoms with Crippen LogP contribution in [0.15, 0.2) is 17.3 Å². The van der Waals surface area contributed by atoms with E-state index in [0.29, 0.717) is 0 Å². The van der Waals surface area contributed by atoms with E-state index in [4.69, 9.17) is 0 Å². The molecule has 14 heavy (non-hydrogen) atoms. The van der Waals surface area contributed by atoms with Crippen LogP contribution in [-0.4, -0.2) is 10.7 Å². The van der Waals surface area contributed by atoms with Crippen molar-refractivity contribution in [3.05, 3.63) is 23.5 Å². The third kappa shape index (κ3) is 1.57. The highest BCUT2D eigenvalue weighted by molar-refractivity contribution is 5.91. The number of nitrogens with zero attached hydrogens (tertiary/aromatic N) is 2. The van der Waals surface area contributed by atoms with Crippen LogP contribution < -0.4 is 0 Å². The Bertz CT molecular complexity index is 397. The summed E-state index contributed by atoms with van der Waals surface area (Å²) in [4.78, 5) is 8.99. The molecular formula is C12H16N2. The molecule has 1 aromatic rings. The predicted molar refractivity (Wildman–Crippen MR) is 59.4 cm³/mol. The molecule has 0 radical (unpaired) electrons. The summed E-state index contributed by atoms with van der Waals surface area (Å²) in [5, 5.41) is 0. The van der Waals surface area contributed by atoms with Gasteiger partial charge in [0.25, 0.3) is 0 Å². The molecule has 0 spiro atoms. The second-order valence-electron chi connectivity index (χ2n) is 4.97. The van der Waals surface area contributed by atoms with E-state index in [0.717, 1.165) is 17.8 Å². The first-order valence-electron chi connectivity index (χ1n) is 5.00. The van der Waals surface area contributed by atoms with E-state index in [1.165, 1.54) is 11.3 Å². The Morgan fingerprint density at radius 1 is 1.29 bits per heavy atom. The molecule has 2 nitrogen and oxygen atoms in total. The molecule has 0 fully saturated rings. The van der Waals surface area contributed by atoms with E-state index < -0.39 is 0 Å². The van der Waals surface area contributed by atoms with Crippen molar-refractivity contribution >= 4 is 11.4 Å². The summed E-state index contributed by atoms with van der Waals surface area (Å²) in [6, 6.07) is 2.12. The number of hydrogen-bond donors (Lipinski definition) is 0. The largest absolute Gasteiger partial charge is 0.260 e. The molecule has 0 aliphatic carbocycles. The number of aromatic nitrogens is 1. The van der Waals surface area contributed by atoms with Crippen molar-refractivity contribution in [2.75, 3.05) is 0 Å². The summed E-state index contributed by atoms with van der Waals surface area (Å²) in [5.41, 5.74) is 4.79. The van der Waals surface area contributed by atoms with Crippen molar-refractivity contribution in [1.29, 1.82) is 0 Å². The lowest BCUT2D eigenvalue weighted by atomic mass is 9.91. The molecule has 0 aromatic carbocycles. The topological polar surface area (TPSA) is 25.2 Å². The minimum absolute atomic E-state index is 0.112. The molecule has 0 saturated carbocycles. The first-order valence-corrected chi connectivity index (χ1v) is 5.00. The minimum atomic E-state index is 0.112. The molecular weight excluding hydrogens is 172 g/mol. The number of fused-ring (bicyclic) bond motifs is 1. The number of aliphatic imine (C=N–C) groups is 1. The van der Waals surface area contributed by atoms with Gasteiger partial charge in [-0.2, -0.15) is 0 Å². The molecule has 0 bridgehead atoms. The van der Waals surface area contributed by atoms with Crippen LogP contribution in [-0.2, 0) is 11.8 Å². The van der Waals surface area contributed by atoms with Gasteiger partial charge in [-0.25, -0.2) is 0 Å². The Balaban J connectivity index is 2.46. The summed E-state index contributed by atoms with van der Waals surface area (Å²) in [7, 11) is 0. The zero-order valence-corrected chi connectivity index (χ0v) is 9.26. The average molecular weight is 188 g/mol. The third-order valence-corrected chi connectivity index (χ3v) is 2.49. The summed E-state index contributed by atoms with van der Waals surface area (Å²) in [6.07, 6.45) is 2.93. The van der Waals surface area contributed by atoms with Crippen molar-refractivity contribution in [3.8, 4) is 0 Å². The molecule has 2 rings (SSSR count). The molecule has 0 N–H and O–H groups in total.